The van der Waals surface area contributed by atoms with Gasteiger partial charge >= 0.3 is 0 Å². The number of nitrogens with zero attached hydrogens (tertiary/aromatic N) is 1. The van der Waals surface area contributed by atoms with Crippen LogP contribution < -0.4 is 0 Å². The molecule has 0 saturated carbocycles. The van der Waals surface area contributed by atoms with Gasteiger partial charge in [-0.05, 0) is 13.3 Å². The van der Waals surface area contributed by atoms with E-state index in [9.17, 15) is 0 Å². The first-order valence-electron chi connectivity index (χ1n) is 4.85. The summed E-state index contributed by atoms with van der Waals surface area (Å²) >= 11 is 0. The summed E-state index contributed by atoms with van der Waals surface area (Å²) in [7, 11) is 0. The minimum atomic E-state index is -0.178. The van der Waals surface area contributed by atoms with Crippen molar-refractivity contribution in [1.29, 1.82) is 5.26 Å². The Balaban J connectivity index is 2.07. The van der Waals surface area contributed by atoms with E-state index in [1.807, 2.05) is 0 Å². The third kappa shape index (κ3) is 1.34. The van der Waals surface area contributed by atoms with Gasteiger partial charge in [-0.3, -0.25) is 0 Å². The molecule has 2 fully saturated rings. The molecule has 2 rings (SSSR count). The maximum atomic E-state index is 8.75. The zero-order chi connectivity index (χ0) is 9.53. The first-order chi connectivity index (χ1) is 6.14. The Labute approximate surface area is 78.6 Å². The standard InChI is InChI=1S/C10H15NO2/c1-3-9(2)7-10(4-5-12-9)8(6-11)13-10/h8H,3-5,7H2,1-2H3. The molecule has 72 valence electrons. The van der Waals surface area contributed by atoms with Gasteiger partial charge in [0.05, 0.1) is 18.3 Å². The summed E-state index contributed by atoms with van der Waals surface area (Å²) in [6.07, 6.45) is 2.55. The smallest absolute Gasteiger partial charge is 0.173 e. The Morgan fingerprint density at radius 3 is 2.92 bits per heavy atom. The minimum Gasteiger partial charge on any atom is -0.375 e. The number of nitriles is 1. The Hall–Kier alpha value is -0.590. The summed E-state index contributed by atoms with van der Waals surface area (Å²) in [5.74, 6) is 0. The van der Waals surface area contributed by atoms with Gasteiger partial charge in [0.15, 0.2) is 6.10 Å². The molecule has 0 aromatic carbocycles. The van der Waals surface area contributed by atoms with Crippen LogP contribution in [0.1, 0.15) is 33.1 Å². The lowest BCUT2D eigenvalue weighted by molar-refractivity contribution is -0.0935. The van der Waals surface area contributed by atoms with E-state index in [4.69, 9.17) is 14.7 Å². The summed E-state index contributed by atoms with van der Waals surface area (Å²) in [6.45, 7) is 4.94. The topological polar surface area (TPSA) is 45.5 Å². The molecule has 0 N–H and O–H groups in total. The lowest BCUT2D eigenvalue weighted by Gasteiger charge is -2.36. The van der Waals surface area contributed by atoms with Gasteiger partial charge in [0.2, 0.25) is 0 Å². The van der Waals surface area contributed by atoms with Gasteiger partial charge < -0.3 is 9.47 Å². The van der Waals surface area contributed by atoms with E-state index in [1.54, 1.807) is 0 Å². The summed E-state index contributed by atoms with van der Waals surface area (Å²) < 4.78 is 11.1. The molecule has 3 heteroatoms. The molecule has 0 aliphatic carbocycles. The molecule has 0 aromatic rings. The summed E-state index contributed by atoms with van der Waals surface area (Å²) in [6, 6.07) is 2.18. The lowest BCUT2D eigenvalue weighted by atomic mass is 9.83. The first-order valence-corrected chi connectivity index (χ1v) is 4.85. The van der Waals surface area contributed by atoms with Gasteiger partial charge in [0.25, 0.3) is 0 Å². The Morgan fingerprint density at radius 1 is 1.62 bits per heavy atom. The normalized spacial score (nSPS) is 48.8. The molecule has 0 bridgehead atoms. The van der Waals surface area contributed by atoms with Crippen molar-refractivity contribution in [3.05, 3.63) is 0 Å². The highest BCUT2D eigenvalue weighted by molar-refractivity contribution is 5.17. The van der Waals surface area contributed by atoms with Gasteiger partial charge in [-0.1, -0.05) is 6.92 Å². The van der Waals surface area contributed by atoms with Crippen LogP contribution in [0.15, 0.2) is 0 Å². The number of hydrogen-bond acceptors (Lipinski definition) is 3. The third-order valence-electron chi connectivity index (χ3n) is 3.29. The molecule has 3 unspecified atom stereocenters. The molecule has 0 aromatic heterocycles. The highest BCUT2D eigenvalue weighted by atomic mass is 16.6. The monoisotopic (exact) mass is 181 g/mol. The largest absolute Gasteiger partial charge is 0.375 e. The Bertz CT molecular complexity index is 260. The van der Waals surface area contributed by atoms with Gasteiger partial charge in [-0.25, -0.2) is 0 Å². The SMILES string of the molecule is CCC1(C)CC2(CCO1)OC2C#N. The quantitative estimate of drug-likeness (QED) is 0.577. The maximum Gasteiger partial charge on any atom is 0.173 e. The molecule has 1 spiro atoms. The molecular weight excluding hydrogens is 166 g/mol. The predicted octanol–water partition coefficient (Wildman–Crippen LogP) is 1.63. The molecular formula is C10H15NO2. The molecule has 0 amide bonds. The fourth-order valence-electron chi connectivity index (χ4n) is 2.14. The summed E-state index contributed by atoms with van der Waals surface area (Å²) in [5, 5.41) is 8.75. The molecule has 13 heavy (non-hydrogen) atoms. The van der Waals surface area contributed by atoms with Crippen molar-refractivity contribution in [2.24, 2.45) is 0 Å². The van der Waals surface area contributed by atoms with Gasteiger partial charge in [0, 0.05) is 12.8 Å². The van der Waals surface area contributed by atoms with E-state index in [2.05, 4.69) is 19.9 Å². The average molecular weight is 181 g/mol. The zero-order valence-corrected chi connectivity index (χ0v) is 8.17. The molecule has 2 aliphatic heterocycles. The molecule has 2 saturated heterocycles. The average Bonchev–Trinajstić information content (AvgIpc) is 2.78. The van der Waals surface area contributed by atoms with Crippen molar-refractivity contribution >= 4 is 0 Å². The van der Waals surface area contributed by atoms with Crippen LogP contribution in [0, 0.1) is 11.3 Å². The van der Waals surface area contributed by atoms with E-state index in [1.165, 1.54) is 0 Å². The van der Waals surface area contributed by atoms with Crippen molar-refractivity contribution in [3.8, 4) is 6.07 Å². The fraction of sp³-hybridized carbons (Fsp3) is 0.900. The molecule has 0 radical (unpaired) electrons. The van der Waals surface area contributed by atoms with Crippen molar-refractivity contribution in [3.63, 3.8) is 0 Å². The minimum absolute atomic E-state index is 0.0795. The summed E-state index contributed by atoms with van der Waals surface area (Å²) in [4.78, 5) is 0. The highest BCUT2D eigenvalue weighted by Gasteiger charge is 2.61. The van der Waals surface area contributed by atoms with Crippen molar-refractivity contribution < 1.29 is 9.47 Å². The first kappa shape index (κ1) is 8.98. The maximum absolute atomic E-state index is 8.75. The molecule has 3 atom stereocenters. The van der Waals surface area contributed by atoms with E-state index < -0.39 is 0 Å². The Kier molecular flexibility index (Phi) is 1.86. The molecule has 3 nitrogen and oxygen atoms in total. The van der Waals surface area contributed by atoms with Crippen LogP contribution in [0.3, 0.4) is 0 Å². The van der Waals surface area contributed by atoms with Crippen LogP contribution in [-0.4, -0.2) is 23.9 Å². The molecule has 2 aliphatic rings. The number of hydrogen-bond donors (Lipinski definition) is 0. The molecule has 2 heterocycles. The van der Waals surface area contributed by atoms with E-state index in [0.29, 0.717) is 0 Å². The van der Waals surface area contributed by atoms with Crippen molar-refractivity contribution in [1.82, 2.24) is 0 Å². The lowest BCUT2D eigenvalue weighted by Crippen LogP contribution is -2.41. The third-order valence-corrected chi connectivity index (χ3v) is 3.29. The van der Waals surface area contributed by atoms with Crippen molar-refractivity contribution in [2.45, 2.75) is 50.4 Å². The van der Waals surface area contributed by atoms with Crippen LogP contribution >= 0.6 is 0 Å². The van der Waals surface area contributed by atoms with E-state index in [-0.39, 0.29) is 17.3 Å². The number of rotatable bonds is 1. The van der Waals surface area contributed by atoms with Gasteiger partial charge in [-0.2, -0.15) is 5.26 Å². The van der Waals surface area contributed by atoms with Crippen molar-refractivity contribution in [2.75, 3.05) is 6.61 Å². The Morgan fingerprint density at radius 2 is 2.38 bits per heavy atom. The van der Waals surface area contributed by atoms with Crippen LogP contribution in [0.5, 0.6) is 0 Å². The summed E-state index contributed by atoms with van der Waals surface area (Å²) in [5.41, 5.74) is -0.235. The van der Waals surface area contributed by atoms with Gasteiger partial charge in [-0.15, -0.1) is 0 Å². The highest BCUT2D eigenvalue weighted by Crippen LogP contribution is 2.49. The van der Waals surface area contributed by atoms with Crippen LogP contribution in [0.2, 0.25) is 0 Å². The van der Waals surface area contributed by atoms with Gasteiger partial charge in [0.1, 0.15) is 5.60 Å². The zero-order valence-electron chi connectivity index (χ0n) is 8.17. The number of epoxide rings is 1. The second kappa shape index (κ2) is 2.70. The predicted molar refractivity (Wildman–Crippen MR) is 47.1 cm³/mol. The van der Waals surface area contributed by atoms with E-state index in [0.717, 1.165) is 25.9 Å². The number of ether oxygens (including phenoxy) is 2. The van der Waals surface area contributed by atoms with Crippen LogP contribution in [0.4, 0.5) is 0 Å². The van der Waals surface area contributed by atoms with E-state index >= 15 is 0 Å². The second-order valence-electron chi connectivity index (χ2n) is 4.27. The second-order valence-corrected chi connectivity index (χ2v) is 4.27. The fourth-order valence-corrected chi connectivity index (χ4v) is 2.14. The van der Waals surface area contributed by atoms with Crippen LogP contribution in [0.25, 0.3) is 0 Å². The van der Waals surface area contributed by atoms with Crippen LogP contribution in [-0.2, 0) is 9.47 Å².